The predicted molar refractivity (Wildman–Crippen MR) is 54.9 cm³/mol. The lowest BCUT2D eigenvalue weighted by Gasteiger charge is -2.09. The van der Waals surface area contributed by atoms with E-state index in [4.69, 9.17) is 17.3 Å². The Balaban J connectivity index is 2.49. The molecule has 1 rings (SSSR count). The van der Waals surface area contributed by atoms with Crippen LogP contribution in [0.15, 0.2) is 30.3 Å². The van der Waals surface area contributed by atoms with Crippen molar-refractivity contribution in [3.63, 3.8) is 0 Å². The van der Waals surface area contributed by atoms with Gasteiger partial charge in [-0.15, -0.1) is 0 Å². The second-order valence-corrected chi connectivity index (χ2v) is 3.09. The van der Waals surface area contributed by atoms with Crippen molar-refractivity contribution in [1.82, 2.24) is 0 Å². The Bertz CT molecular complexity index is 289. The fourth-order valence-electron chi connectivity index (χ4n) is 1.11. The lowest BCUT2D eigenvalue weighted by molar-refractivity contribution is -0.143. The van der Waals surface area contributed by atoms with Crippen LogP contribution in [0.25, 0.3) is 0 Å². The van der Waals surface area contributed by atoms with Gasteiger partial charge >= 0.3 is 5.97 Å². The summed E-state index contributed by atoms with van der Waals surface area (Å²) in [7, 11) is 0. The lowest BCUT2D eigenvalue weighted by Crippen LogP contribution is -2.34. The minimum Gasteiger partial charge on any atom is -0.448 e. The van der Waals surface area contributed by atoms with Crippen molar-refractivity contribution in [2.75, 3.05) is 6.07 Å². The summed E-state index contributed by atoms with van der Waals surface area (Å²) in [6.07, 6.45) is 0.469. The summed E-state index contributed by atoms with van der Waals surface area (Å²) in [6.45, 7) is 0. The topological polar surface area (TPSA) is 52.3 Å². The van der Waals surface area contributed by atoms with E-state index in [0.29, 0.717) is 6.42 Å². The molecule has 1 atom stereocenters. The molecule has 0 radical (unpaired) electrons. The number of carbonyl (C=O) groups excluding carboxylic acids is 1. The first-order valence-corrected chi connectivity index (χ1v) is 4.79. The highest BCUT2D eigenvalue weighted by molar-refractivity contribution is 6.17. The summed E-state index contributed by atoms with van der Waals surface area (Å²) >= 11 is 5.24. The zero-order valence-electron chi connectivity index (χ0n) is 7.65. The SMILES string of the molecule is N[C@@H](Cc1ccccc1)C(=O)OCCl. The first kappa shape index (κ1) is 11.0. The van der Waals surface area contributed by atoms with Crippen LogP contribution in [0, 0.1) is 0 Å². The summed E-state index contributed by atoms with van der Waals surface area (Å²) in [5.41, 5.74) is 6.61. The molecule has 2 N–H and O–H groups in total. The van der Waals surface area contributed by atoms with E-state index in [1.165, 1.54) is 0 Å². The van der Waals surface area contributed by atoms with Gasteiger partial charge in [-0.2, -0.15) is 0 Å². The number of carbonyl (C=O) groups is 1. The van der Waals surface area contributed by atoms with Crippen molar-refractivity contribution in [3.8, 4) is 0 Å². The van der Waals surface area contributed by atoms with E-state index in [-0.39, 0.29) is 6.07 Å². The maximum atomic E-state index is 11.1. The molecule has 0 aromatic heterocycles. The number of nitrogens with two attached hydrogens (primary N) is 1. The predicted octanol–water partition coefficient (Wildman–Crippen LogP) is 1.30. The van der Waals surface area contributed by atoms with Crippen molar-refractivity contribution in [2.24, 2.45) is 5.73 Å². The van der Waals surface area contributed by atoms with Gasteiger partial charge in [0.2, 0.25) is 0 Å². The van der Waals surface area contributed by atoms with Crippen molar-refractivity contribution >= 4 is 17.6 Å². The molecular weight excluding hydrogens is 202 g/mol. The average Bonchev–Trinajstić information content (AvgIpc) is 2.19. The quantitative estimate of drug-likeness (QED) is 0.606. The van der Waals surface area contributed by atoms with Gasteiger partial charge in [0.15, 0.2) is 6.07 Å². The summed E-state index contributed by atoms with van der Waals surface area (Å²) in [5, 5.41) is 0. The molecule has 0 bridgehead atoms. The van der Waals surface area contributed by atoms with Crippen LogP contribution in [0.5, 0.6) is 0 Å². The van der Waals surface area contributed by atoms with Gasteiger partial charge < -0.3 is 10.5 Å². The number of ether oxygens (including phenoxy) is 1. The molecule has 1 aromatic rings. The third-order valence-electron chi connectivity index (χ3n) is 1.80. The second-order valence-electron chi connectivity index (χ2n) is 2.87. The van der Waals surface area contributed by atoms with Crippen LogP contribution in [-0.2, 0) is 16.0 Å². The van der Waals surface area contributed by atoms with Crippen molar-refractivity contribution in [1.29, 1.82) is 0 Å². The Morgan fingerprint density at radius 2 is 2.07 bits per heavy atom. The van der Waals surface area contributed by atoms with E-state index >= 15 is 0 Å². The lowest BCUT2D eigenvalue weighted by atomic mass is 10.1. The highest BCUT2D eigenvalue weighted by Gasteiger charge is 2.14. The molecule has 0 unspecified atom stereocenters. The molecule has 0 saturated carbocycles. The summed E-state index contributed by atoms with van der Waals surface area (Å²) in [6, 6.07) is 8.73. The van der Waals surface area contributed by atoms with Crippen LogP contribution in [-0.4, -0.2) is 18.1 Å². The molecule has 0 fully saturated rings. The first-order chi connectivity index (χ1) is 6.74. The van der Waals surface area contributed by atoms with E-state index in [0.717, 1.165) is 5.56 Å². The van der Waals surface area contributed by atoms with Gasteiger partial charge in [0.1, 0.15) is 6.04 Å². The number of rotatable bonds is 4. The standard InChI is InChI=1S/C10H12ClNO2/c11-7-14-10(13)9(12)6-8-4-2-1-3-5-8/h1-5,9H,6-7,12H2/t9-/m0/s1. The van der Waals surface area contributed by atoms with Crippen LogP contribution in [0.3, 0.4) is 0 Å². The molecule has 0 aliphatic heterocycles. The summed E-state index contributed by atoms with van der Waals surface area (Å²) in [5.74, 6) is -0.469. The molecular formula is C10H12ClNO2. The van der Waals surface area contributed by atoms with E-state index in [1.54, 1.807) is 0 Å². The third kappa shape index (κ3) is 3.36. The Kier molecular flexibility index (Phi) is 4.43. The fraction of sp³-hybridized carbons (Fsp3) is 0.300. The van der Waals surface area contributed by atoms with Crippen LogP contribution in [0.1, 0.15) is 5.56 Å². The van der Waals surface area contributed by atoms with Gasteiger partial charge in [-0.05, 0) is 12.0 Å². The van der Waals surface area contributed by atoms with Crippen molar-refractivity contribution in [3.05, 3.63) is 35.9 Å². The van der Waals surface area contributed by atoms with Crippen molar-refractivity contribution in [2.45, 2.75) is 12.5 Å². The minimum atomic E-state index is -0.642. The van der Waals surface area contributed by atoms with Gasteiger partial charge in [0.25, 0.3) is 0 Å². The fourth-order valence-corrected chi connectivity index (χ4v) is 1.22. The second kappa shape index (κ2) is 5.62. The van der Waals surface area contributed by atoms with E-state index in [1.807, 2.05) is 30.3 Å². The third-order valence-corrected chi connectivity index (χ3v) is 1.91. The zero-order chi connectivity index (χ0) is 10.4. The van der Waals surface area contributed by atoms with Gasteiger partial charge in [-0.1, -0.05) is 41.9 Å². The number of esters is 1. The molecule has 0 aliphatic rings. The van der Waals surface area contributed by atoms with E-state index in [2.05, 4.69) is 4.74 Å². The molecule has 0 amide bonds. The largest absolute Gasteiger partial charge is 0.448 e. The van der Waals surface area contributed by atoms with Gasteiger partial charge in [-0.3, -0.25) is 4.79 Å². The highest BCUT2D eigenvalue weighted by atomic mass is 35.5. The molecule has 0 aliphatic carbocycles. The van der Waals surface area contributed by atoms with Crippen LogP contribution in [0.4, 0.5) is 0 Å². The Morgan fingerprint density at radius 3 is 2.64 bits per heavy atom. The Hall–Kier alpha value is -1.06. The molecule has 1 aromatic carbocycles. The Morgan fingerprint density at radius 1 is 1.43 bits per heavy atom. The molecule has 4 heteroatoms. The maximum absolute atomic E-state index is 11.1. The molecule has 0 spiro atoms. The number of benzene rings is 1. The molecule has 0 saturated heterocycles. The normalized spacial score (nSPS) is 12.1. The maximum Gasteiger partial charge on any atom is 0.324 e. The van der Waals surface area contributed by atoms with Crippen LogP contribution < -0.4 is 5.73 Å². The molecule has 0 heterocycles. The number of hydrogen-bond donors (Lipinski definition) is 1. The highest BCUT2D eigenvalue weighted by Crippen LogP contribution is 2.02. The average molecular weight is 214 g/mol. The first-order valence-electron chi connectivity index (χ1n) is 4.26. The van der Waals surface area contributed by atoms with Crippen molar-refractivity contribution < 1.29 is 9.53 Å². The van der Waals surface area contributed by atoms with Gasteiger partial charge in [-0.25, -0.2) is 0 Å². The molecule has 76 valence electrons. The van der Waals surface area contributed by atoms with E-state index < -0.39 is 12.0 Å². The molecule has 3 nitrogen and oxygen atoms in total. The zero-order valence-corrected chi connectivity index (χ0v) is 8.41. The van der Waals surface area contributed by atoms with Crippen LogP contribution in [0.2, 0.25) is 0 Å². The number of halogens is 1. The Labute approximate surface area is 87.8 Å². The van der Waals surface area contributed by atoms with E-state index in [9.17, 15) is 4.79 Å². The summed E-state index contributed by atoms with van der Waals surface area (Å²) < 4.78 is 4.58. The van der Waals surface area contributed by atoms with Gasteiger partial charge in [0, 0.05) is 0 Å². The summed E-state index contributed by atoms with van der Waals surface area (Å²) in [4.78, 5) is 11.1. The van der Waals surface area contributed by atoms with Gasteiger partial charge in [0.05, 0.1) is 0 Å². The monoisotopic (exact) mass is 213 g/mol. The number of alkyl halides is 1. The number of hydrogen-bond acceptors (Lipinski definition) is 3. The minimum absolute atomic E-state index is 0.151. The smallest absolute Gasteiger partial charge is 0.324 e. The molecule has 14 heavy (non-hydrogen) atoms. The van der Waals surface area contributed by atoms with Crippen LogP contribution >= 0.6 is 11.6 Å².